The molecular weight excluding hydrogens is 258 g/mol. The molecule has 5 nitrogen and oxygen atoms in total. The number of aromatic hydroxyl groups is 1. The van der Waals surface area contributed by atoms with Crippen LogP contribution in [-0.2, 0) is 16.1 Å². The minimum absolute atomic E-state index is 0.148. The van der Waals surface area contributed by atoms with Crippen LogP contribution in [-0.4, -0.2) is 31.3 Å². The van der Waals surface area contributed by atoms with Crippen molar-refractivity contribution in [2.75, 3.05) is 14.2 Å². The lowest BCUT2D eigenvalue weighted by molar-refractivity contribution is -0.144. The van der Waals surface area contributed by atoms with E-state index in [0.29, 0.717) is 17.9 Å². The highest BCUT2D eigenvalue weighted by molar-refractivity contribution is 5.76. The SMILES string of the molecule is CCC(C)C(NCc1cc(OC)ccc1O)C(=O)OC. The first-order valence-electron chi connectivity index (χ1n) is 6.70. The van der Waals surface area contributed by atoms with Gasteiger partial charge in [0.2, 0.25) is 0 Å². The number of rotatable bonds is 7. The Morgan fingerprint density at radius 3 is 2.65 bits per heavy atom. The molecule has 0 amide bonds. The summed E-state index contributed by atoms with van der Waals surface area (Å²) in [5.74, 6) is 0.695. The fraction of sp³-hybridized carbons (Fsp3) is 0.533. The summed E-state index contributed by atoms with van der Waals surface area (Å²) in [6.45, 7) is 4.37. The molecule has 0 saturated heterocycles. The molecule has 0 aromatic heterocycles. The van der Waals surface area contributed by atoms with E-state index in [1.807, 2.05) is 13.8 Å². The van der Waals surface area contributed by atoms with Gasteiger partial charge >= 0.3 is 5.97 Å². The van der Waals surface area contributed by atoms with Gasteiger partial charge in [0.15, 0.2) is 0 Å². The zero-order valence-corrected chi connectivity index (χ0v) is 12.5. The summed E-state index contributed by atoms with van der Waals surface area (Å²) in [4.78, 5) is 11.8. The van der Waals surface area contributed by atoms with E-state index < -0.39 is 6.04 Å². The molecule has 0 bridgehead atoms. The molecule has 0 fully saturated rings. The third-order valence-electron chi connectivity index (χ3n) is 3.47. The number of phenols is 1. The second kappa shape index (κ2) is 7.75. The molecule has 112 valence electrons. The van der Waals surface area contributed by atoms with Crippen LogP contribution in [0.25, 0.3) is 0 Å². The fourth-order valence-corrected chi connectivity index (χ4v) is 1.93. The van der Waals surface area contributed by atoms with Crippen molar-refractivity contribution in [3.8, 4) is 11.5 Å². The van der Waals surface area contributed by atoms with Gasteiger partial charge in [-0.25, -0.2) is 0 Å². The maximum absolute atomic E-state index is 11.8. The molecule has 1 rings (SSSR count). The fourth-order valence-electron chi connectivity index (χ4n) is 1.93. The van der Waals surface area contributed by atoms with E-state index in [1.165, 1.54) is 7.11 Å². The van der Waals surface area contributed by atoms with Gasteiger partial charge in [-0.1, -0.05) is 20.3 Å². The van der Waals surface area contributed by atoms with E-state index in [2.05, 4.69) is 5.32 Å². The van der Waals surface area contributed by atoms with Gasteiger partial charge < -0.3 is 14.6 Å². The van der Waals surface area contributed by atoms with E-state index in [0.717, 1.165) is 6.42 Å². The molecule has 0 aliphatic heterocycles. The smallest absolute Gasteiger partial charge is 0.323 e. The maximum Gasteiger partial charge on any atom is 0.323 e. The van der Waals surface area contributed by atoms with Crippen molar-refractivity contribution < 1.29 is 19.4 Å². The number of methoxy groups -OCH3 is 2. The predicted octanol–water partition coefficient (Wildman–Crippen LogP) is 2.08. The maximum atomic E-state index is 11.8. The standard InChI is InChI=1S/C15H23NO4/c1-5-10(2)14(15(18)20-4)16-9-11-8-12(19-3)6-7-13(11)17/h6-8,10,14,16-17H,5,9H2,1-4H3. The van der Waals surface area contributed by atoms with Crippen LogP contribution in [0.1, 0.15) is 25.8 Å². The highest BCUT2D eigenvalue weighted by Gasteiger charge is 2.24. The van der Waals surface area contributed by atoms with Crippen LogP contribution in [0.5, 0.6) is 11.5 Å². The average Bonchev–Trinajstić information content (AvgIpc) is 2.48. The molecule has 2 atom stereocenters. The summed E-state index contributed by atoms with van der Waals surface area (Å²) >= 11 is 0. The molecule has 1 aromatic carbocycles. The summed E-state index contributed by atoms with van der Waals surface area (Å²) in [6, 6.07) is 4.61. The van der Waals surface area contributed by atoms with E-state index in [1.54, 1.807) is 25.3 Å². The zero-order valence-electron chi connectivity index (χ0n) is 12.5. The minimum atomic E-state index is -0.393. The molecule has 1 aromatic rings. The quantitative estimate of drug-likeness (QED) is 0.749. The molecular formula is C15H23NO4. The van der Waals surface area contributed by atoms with E-state index in [-0.39, 0.29) is 17.6 Å². The van der Waals surface area contributed by atoms with Crippen molar-refractivity contribution in [1.82, 2.24) is 5.32 Å². The second-order valence-electron chi connectivity index (χ2n) is 4.76. The first-order valence-corrected chi connectivity index (χ1v) is 6.70. The van der Waals surface area contributed by atoms with Crippen LogP contribution in [0.3, 0.4) is 0 Å². The van der Waals surface area contributed by atoms with Crippen molar-refractivity contribution in [3.63, 3.8) is 0 Å². The first-order chi connectivity index (χ1) is 9.53. The zero-order chi connectivity index (χ0) is 15.1. The van der Waals surface area contributed by atoms with Gasteiger partial charge in [-0.05, 0) is 24.1 Å². The Hall–Kier alpha value is -1.75. The Morgan fingerprint density at radius 1 is 1.40 bits per heavy atom. The van der Waals surface area contributed by atoms with Gasteiger partial charge in [-0.2, -0.15) is 0 Å². The van der Waals surface area contributed by atoms with Crippen molar-refractivity contribution in [2.45, 2.75) is 32.9 Å². The third kappa shape index (κ3) is 4.13. The van der Waals surface area contributed by atoms with Crippen molar-refractivity contribution in [1.29, 1.82) is 0 Å². The molecule has 5 heteroatoms. The number of benzene rings is 1. The number of esters is 1. The van der Waals surface area contributed by atoms with Gasteiger partial charge in [-0.3, -0.25) is 10.1 Å². The van der Waals surface area contributed by atoms with Crippen molar-refractivity contribution in [2.24, 2.45) is 5.92 Å². The second-order valence-corrected chi connectivity index (χ2v) is 4.76. The van der Waals surface area contributed by atoms with Gasteiger partial charge in [0.05, 0.1) is 14.2 Å². The number of nitrogens with one attached hydrogen (secondary N) is 1. The highest BCUT2D eigenvalue weighted by Crippen LogP contribution is 2.23. The van der Waals surface area contributed by atoms with Crippen LogP contribution in [0.15, 0.2) is 18.2 Å². The van der Waals surface area contributed by atoms with E-state index >= 15 is 0 Å². The molecule has 0 saturated carbocycles. The molecule has 0 heterocycles. The van der Waals surface area contributed by atoms with Crippen molar-refractivity contribution in [3.05, 3.63) is 23.8 Å². The molecule has 0 spiro atoms. The minimum Gasteiger partial charge on any atom is -0.508 e. The Balaban J connectivity index is 2.79. The largest absolute Gasteiger partial charge is 0.508 e. The number of ether oxygens (including phenoxy) is 2. The average molecular weight is 281 g/mol. The normalized spacial score (nSPS) is 13.6. The summed E-state index contributed by atoms with van der Waals surface area (Å²) in [6.07, 6.45) is 0.858. The third-order valence-corrected chi connectivity index (χ3v) is 3.47. The molecule has 0 aliphatic carbocycles. The van der Waals surface area contributed by atoms with Crippen LogP contribution >= 0.6 is 0 Å². The Kier molecular flexibility index (Phi) is 6.31. The molecule has 2 unspecified atom stereocenters. The summed E-state index contributed by atoms with van der Waals surface area (Å²) < 4.78 is 9.93. The molecule has 20 heavy (non-hydrogen) atoms. The monoisotopic (exact) mass is 281 g/mol. The highest BCUT2D eigenvalue weighted by atomic mass is 16.5. The number of carbonyl (C=O) groups is 1. The number of carbonyl (C=O) groups excluding carboxylic acids is 1. The van der Waals surface area contributed by atoms with E-state index in [4.69, 9.17) is 9.47 Å². The lowest BCUT2D eigenvalue weighted by Gasteiger charge is -2.22. The van der Waals surface area contributed by atoms with Gasteiger partial charge in [0.1, 0.15) is 17.5 Å². The predicted molar refractivity (Wildman–Crippen MR) is 76.8 cm³/mol. The van der Waals surface area contributed by atoms with Crippen LogP contribution < -0.4 is 10.1 Å². The molecule has 0 radical (unpaired) electrons. The van der Waals surface area contributed by atoms with E-state index in [9.17, 15) is 9.90 Å². The first kappa shape index (κ1) is 16.3. The lowest BCUT2D eigenvalue weighted by Crippen LogP contribution is -2.42. The molecule has 2 N–H and O–H groups in total. The Morgan fingerprint density at radius 2 is 2.10 bits per heavy atom. The number of hydrogen-bond acceptors (Lipinski definition) is 5. The lowest BCUT2D eigenvalue weighted by atomic mass is 9.99. The number of hydrogen-bond donors (Lipinski definition) is 2. The topological polar surface area (TPSA) is 67.8 Å². The van der Waals surface area contributed by atoms with Gasteiger partial charge in [0.25, 0.3) is 0 Å². The summed E-state index contributed by atoms with van der Waals surface area (Å²) in [7, 11) is 2.95. The van der Waals surface area contributed by atoms with Gasteiger partial charge in [-0.15, -0.1) is 0 Å². The van der Waals surface area contributed by atoms with Crippen LogP contribution in [0.4, 0.5) is 0 Å². The Bertz CT molecular complexity index is 447. The van der Waals surface area contributed by atoms with Crippen LogP contribution in [0, 0.1) is 5.92 Å². The van der Waals surface area contributed by atoms with Gasteiger partial charge in [0, 0.05) is 12.1 Å². The summed E-state index contributed by atoms with van der Waals surface area (Å²) in [5.41, 5.74) is 0.682. The van der Waals surface area contributed by atoms with Crippen LogP contribution in [0.2, 0.25) is 0 Å². The Labute approximate surface area is 119 Å². The molecule has 0 aliphatic rings. The number of phenolic OH excluding ortho intramolecular Hbond substituents is 1. The summed E-state index contributed by atoms with van der Waals surface area (Å²) in [5, 5.41) is 13.0. The van der Waals surface area contributed by atoms with Crippen molar-refractivity contribution >= 4 is 5.97 Å².